The largest absolute Gasteiger partial charge is 0.497 e. The number of nitrogens with zero attached hydrogens (tertiary/aromatic N) is 3. The highest BCUT2D eigenvalue weighted by atomic mass is 16.5. The second-order valence-corrected chi connectivity index (χ2v) is 4.78. The molecule has 4 heteroatoms. The molecule has 18 heavy (non-hydrogen) atoms. The summed E-state index contributed by atoms with van der Waals surface area (Å²) in [6.07, 6.45) is 3.43. The zero-order chi connectivity index (χ0) is 12.5. The Morgan fingerprint density at radius 1 is 1.33 bits per heavy atom. The number of ether oxygens (including phenoxy) is 1. The Kier molecular flexibility index (Phi) is 2.78. The number of aryl methyl sites for hydroxylation is 1. The molecule has 1 unspecified atom stereocenters. The molecule has 0 N–H and O–H groups in total. The smallest absolute Gasteiger partial charge is 0.164 e. The van der Waals surface area contributed by atoms with Gasteiger partial charge in [-0.2, -0.15) is 0 Å². The van der Waals surface area contributed by atoms with Crippen LogP contribution in [0.25, 0.3) is 11.4 Å². The van der Waals surface area contributed by atoms with E-state index in [1.807, 2.05) is 18.2 Å². The van der Waals surface area contributed by atoms with Gasteiger partial charge < -0.3 is 9.30 Å². The maximum absolute atomic E-state index is 5.27. The lowest BCUT2D eigenvalue weighted by atomic mass is 10.1. The summed E-state index contributed by atoms with van der Waals surface area (Å²) in [6, 6.07) is 8.48. The van der Waals surface area contributed by atoms with E-state index in [1.54, 1.807) is 7.11 Å². The van der Waals surface area contributed by atoms with Gasteiger partial charge in [-0.15, -0.1) is 10.2 Å². The first-order chi connectivity index (χ1) is 8.79. The molecule has 0 radical (unpaired) electrons. The molecule has 1 atom stereocenters. The first-order valence-corrected chi connectivity index (χ1v) is 6.38. The third-order valence-electron chi connectivity index (χ3n) is 3.56. The summed E-state index contributed by atoms with van der Waals surface area (Å²) in [5, 5.41) is 8.66. The van der Waals surface area contributed by atoms with Gasteiger partial charge in [0.25, 0.3) is 0 Å². The standard InChI is InChI=1S/C14H17N3O/c1-10-5-3-8-13-15-16-14(17(10)13)11-6-4-7-12(9-11)18-2/h4,6-7,9-10H,3,5,8H2,1-2H3. The normalized spacial score (nSPS) is 18.4. The van der Waals surface area contributed by atoms with Crippen molar-refractivity contribution in [2.24, 2.45) is 0 Å². The summed E-state index contributed by atoms with van der Waals surface area (Å²) in [4.78, 5) is 0. The fourth-order valence-electron chi connectivity index (χ4n) is 2.60. The van der Waals surface area contributed by atoms with Gasteiger partial charge in [-0.25, -0.2) is 0 Å². The lowest BCUT2D eigenvalue weighted by Crippen LogP contribution is -2.16. The van der Waals surface area contributed by atoms with Crippen LogP contribution in [0, 0.1) is 0 Å². The molecule has 1 aliphatic rings. The molecule has 0 saturated carbocycles. The third kappa shape index (κ3) is 1.78. The molecule has 0 aliphatic carbocycles. The second-order valence-electron chi connectivity index (χ2n) is 4.78. The summed E-state index contributed by atoms with van der Waals surface area (Å²) in [5.74, 6) is 2.91. The van der Waals surface area contributed by atoms with Crippen LogP contribution in [0.15, 0.2) is 24.3 Å². The van der Waals surface area contributed by atoms with Crippen LogP contribution in [0.2, 0.25) is 0 Å². The molecule has 3 rings (SSSR count). The highest BCUT2D eigenvalue weighted by Gasteiger charge is 2.22. The monoisotopic (exact) mass is 243 g/mol. The molecule has 4 nitrogen and oxygen atoms in total. The van der Waals surface area contributed by atoms with Crippen molar-refractivity contribution in [1.82, 2.24) is 14.8 Å². The lowest BCUT2D eigenvalue weighted by Gasteiger charge is -2.22. The number of aromatic nitrogens is 3. The van der Waals surface area contributed by atoms with E-state index in [0.717, 1.165) is 29.4 Å². The van der Waals surface area contributed by atoms with Gasteiger partial charge in [-0.05, 0) is 31.9 Å². The van der Waals surface area contributed by atoms with Gasteiger partial charge in [0.05, 0.1) is 7.11 Å². The van der Waals surface area contributed by atoms with Crippen LogP contribution < -0.4 is 4.74 Å². The minimum absolute atomic E-state index is 0.477. The maximum atomic E-state index is 5.27. The Hall–Kier alpha value is -1.84. The zero-order valence-corrected chi connectivity index (χ0v) is 10.8. The Labute approximate surface area is 107 Å². The van der Waals surface area contributed by atoms with Crippen LogP contribution in [0.4, 0.5) is 0 Å². The Morgan fingerprint density at radius 3 is 3.06 bits per heavy atom. The fraction of sp³-hybridized carbons (Fsp3) is 0.429. The van der Waals surface area contributed by atoms with Crippen LogP contribution in [0.1, 0.15) is 31.6 Å². The van der Waals surface area contributed by atoms with Gasteiger partial charge in [-0.3, -0.25) is 0 Å². The molecular formula is C14H17N3O. The van der Waals surface area contributed by atoms with Crippen molar-refractivity contribution in [3.05, 3.63) is 30.1 Å². The number of hydrogen-bond donors (Lipinski definition) is 0. The van der Waals surface area contributed by atoms with E-state index in [1.165, 1.54) is 12.8 Å². The van der Waals surface area contributed by atoms with Gasteiger partial charge >= 0.3 is 0 Å². The van der Waals surface area contributed by atoms with Gasteiger partial charge in [0, 0.05) is 18.0 Å². The first kappa shape index (κ1) is 11.3. The Bertz CT molecular complexity index is 562. The highest BCUT2D eigenvalue weighted by molar-refractivity contribution is 5.58. The summed E-state index contributed by atoms with van der Waals surface area (Å²) < 4.78 is 7.53. The third-order valence-corrected chi connectivity index (χ3v) is 3.56. The highest BCUT2D eigenvalue weighted by Crippen LogP contribution is 2.30. The maximum Gasteiger partial charge on any atom is 0.164 e. The van der Waals surface area contributed by atoms with Crippen molar-refractivity contribution in [2.45, 2.75) is 32.2 Å². The number of fused-ring (bicyclic) bond motifs is 1. The van der Waals surface area contributed by atoms with Gasteiger partial charge in [0.15, 0.2) is 5.82 Å². The van der Waals surface area contributed by atoms with E-state index >= 15 is 0 Å². The zero-order valence-electron chi connectivity index (χ0n) is 10.8. The summed E-state index contributed by atoms with van der Waals surface area (Å²) >= 11 is 0. The topological polar surface area (TPSA) is 39.9 Å². The van der Waals surface area contributed by atoms with Gasteiger partial charge in [-0.1, -0.05) is 12.1 Å². The molecule has 0 saturated heterocycles. The fourth-order valence-corrected chi connectivity index (χ4v) is 2.60. The minimum Gasteiger partial charge on any atom is -0.497 e. The summed E-state index contributed by atoms with van der Waals surface area (Å²) in [6.45, 7) is 2.23. The molecule has 1 aromatic heterocycles. The number of methoxy groups -OCH3 is 1. The summed E-state index contributed by atoms with van der Waals surface area (Å²) in [5.41, 5.74) is 1.07. The van der Waals surface area contributed by atoms with E-state index in [9.17, 15) is 0 Å². The van der Waals surface area contributed by atoms with Crippen molar-refractivity contribution in [3.8, 4) is 17.1 Å². The minimum atomic E-state index is 0.477. The van der Waals surface area contributed by atoms with Gasteiger partial charge in [0.1, 0.15) is 11.6 Å². The first-order valence-electron chi connectivity index (χ1n) is 6.38. The lowest BCUT2D eigenvalue weighted by molar-refractivity contribution is 0.414. The molecule has 1 aliphatic heterocycles. The SMILES string of the molecule is COc1cccc(-c2nnc3n2C(C)CCC3)c1. The van der Waals surface area contributed by atoms with Gasteiger partial charge in [0.2, 0.25) is 0 Å². The van der Waals surface area contributed by atoms with Crippen molar-refractivity contribution >= 4 is 0 Å². The van der Waals surface area contributed by atoms with E-state index in [0.29, 0.717) is 6.04 Å². The predicted molar refractivity (Wildman–Crippen MR) is 69.7 cm³/mol. The average Bonchev–Trinajstić information content (AvgIpc) is 2.84. The molecule has 0 amide bonds. The molecule has 94 valence electrons. The molecule has 0 fully saturated rings. The van der Waals surface area contributed by atoms with Crippen molar-refractivity contribution in [2.75, 3.05) is 7.11 Å². The number of rotatable bonds is 2. The van der Waals surface area contributed by atoms with Crippen LogP contribution in [-0.4, -0.2) is 21.9 Å². The molecular weight excluding hydrogens is 226 g/mol. The summed E-state index contributed by atoms with van der Waals surface area (Å²) in [7, 11) is 1.68. The molecule has 0 spiro atoms. The Morgan fingerprint density at radius 2 is 2.22 bits per heavy atom. The van der Waals surface area contributed by atoms with E-state index in [-0.39, 0.29) is 0 Å². The Balaban J connectivity index is 2.09. The van der Waals surface area contributed by atoms with E-state index in [2.05, 4.69) is 27.8 Å². The number of benzene rings is 1. The van der Waals surface area contributed by atoms with Crippen LogP contribution in [-0.2, 0) is 6.42 Å². The average molecular weight is 243 g/mol. The van der Waals surface area contributed by atoms with Crippen LogP contribution >= 0.6 is 0 Å². The van der Waals surface area contributed by atoms with E-state index < -0.39 is 0 Å². The second kappa shape index (κ2) is 4.44. The molecule has 2 heterocycles. The van der Waals surface area contributed by atoms with Crippen LogP contribution in [0.5, 0.6) is 5.75 Å². The van der Waals surface area contributed by atoms with Crippen molar-refractivity contribution in [3.63, 3.8) is 0 Å². The predicted octanol–water partition coefficient (Wildman–Crippen LogP) is 2.85. The van der Waals surface area contributed by atoms with Crippen molar-refractivity contribution < 1.29 is 4.74 Å². The van der Waals surface area contributed by atoms with E-state index in [4.69, 9.17) is 4.74 Å². The molecule has 1 aromatic carbocycles. The number of hydrogen-bond acceptors (Lipinski definition) is 3. The quantitative estimate of drug-likeness (QED) is 0.814. The van der Waals surface area contributed by atoms with Crippen LogP contribution in [0.3, 0.4) is 0 Å². The molecule has 0 bridgehead atoms. The van der Waals surface area contributed by atoms with Crippen molar-refractivity contribution in [1.29, 1.82) is 0 Å². The molecule has 2 aromatic rings.